The van der Waals surface area contributed by atoms with Crippen molar-refractivity contribution in [2.75, 3.05) is 46.4 Å². The first-order valence-electron chi connectivity index (χ1n) is 8.79. The van der Waals surface area contributed by atoms with Crippen LogP contribution in [0.15, 0.2) is 28.8 Å². The van der Waals surface area contributed by atoms with Gasteiger partial charge in [-0.1, -0.05) is 5.16 Å². The van der Waals surface area contributed by atoms with Crippen molar-refractivity contribution in [2.45, 2.75) is 20.4 Å². The van der Waals surface area contributed by atoms with Gasteiger partial charge in [-0.15, -0.1) is 0 Å². The Bertz CT molecular complexity index is 642. The normalized spacial score (nSPS) is 16.1. The van der Waals surface area contributed by atoms with Crippen LogP contribution in [0.25, 0.3) is 0 Å². The number of hydrogen-bond acceptors (Lipinski definition) is 6. The lowest BCUT2D eigenvalue weighted by Gasteiger charge is -2.34. The minimum absolute atomic E-state index is 0.705. The van der Waals surface area contributed by atoms with E-state index in [1.54, 1.807) is 7.11 Å². The fraction of sp³-hybridized carbons (Fsp3) is 0.526. The van der Waals surface area contributed by atoms with Gasteiger partial charge in [0.15, 0.2) is 0 Å². The molecule has 1 aromatic heterocycles. The summed E-state index contributed by atoms with van der Waals surface area (Å²) in [5.74, 6) is 2.67. The number of hydrogen-bond donors (Lipinski definition) is 0. The Labute approximate surface area is 149 Å². The summed E-state index contributed by atoms with van der Waals surface area (Å²) in [5, 5.41) is 4.04. The molecule has 1 saturated heterocycles. The Balaban J connectivity index is 1.37. The van der Waals surface area contributed by atoms with Crippen molar-refractivity contribution in [1.82, 2.24) is 15.0 Å². The van der Waals surface area contributed by atoms with Crippen molar-refractivity contribution in [3.63, 3.8) is 0 Å². The fourth-order valence-electron chi connectivity index (χ4n) is 3.09. The van der Waals surface area contributed by atoms with Gasteiger partial charge in [-0.25, -0.2) is 0 Å². The average molecular weight is 345 g/mol. The Morgan fingerprint density at radius 2 is 1.64 bits per heavy atom. The van der Waals surface area contributed by atoms with E-state index in [0.717, 1.165) is 62.2 Å². The third kappa shape index (κ3) is 4.74. The average Bonchev–Trinajstić information content (AvgIpc) is 2.96. The van der Waals surface area contributed by atoms with Crippen LogP contribution < -0.4 is 9.47 Å². The van der Waals surface area contributed by atoms with Crippen molar-refractivity contribution < 1.29 is 14.0 Å². The van der Waals surface area contributed by atoms with Crippen LogP contribution in [0.4, 0.5) is 0 Å². The Kier molecular flexibility index (Phi) is 5.94. The molecule has 0 radical (unpaired) electrons. The van der Waals surface area contributed by atoms with Gasteiger partial charge in [0.25, 0.3) is 0 Å². The number of ether oxygens (including phenoxy) is 2. The Morgan fingerprint density at radius 1 is 1.00 bits per heavy atom. The molecule has 1 aromatic carbocycles. The third-order valence-electron chi connectivity index (χ3n) is 4.76. The molecule has 1 aliphatic rings. The highest BCUT2D eigenvalue weighted by Crippen LogP contribution is 2.18. The predicted molar refractivity (Wildman–Crippen MR) is 96.2 cm³/mol. The van der Waals surface area contributed by atoms with Gasteiger partial charge in [-0.2, -0.15) is 0 Å². The largest absolute Gasteiger partial charge is 0.497 e. The first-order chi connectivity index (χ1) is 12.2. The maximum absolute atomic E-state index is 5.82. The Morgan fingerprint density at radius 3 is 2.24 bits per heavy atom. The number of nitrogens with zero attached hydrogens (tertiary/aromatic N) is 3. The van der Waals surface area contributed by atoms with Crippen LogP contribution in [0, 0.1) is 13.8 Å². The molecule has 0 atom stereocenters. The molecule has 0 saturated carbocycles. The summed E-state index contributed by atoms with van der Waals surface area (Å²) in [7, 11) is 1.67. The van der Waals surface area contributed by atoms with Gasteiger partial charge in [-0.05, 0) is 38.1 Å². The number of methoxy groups -OCH3 is 1. The zero-order valence-electron chi connectivity index (χ0n) is 15.3. The molecule has 0 bridgehead atoms. The van der Waals surface area contributed by atoms with Gasteiger partial charge in [0.2, 0.25) is 0 Å². The summed E-state index contributed by atoms with van der Waals surface area (Å²) >= 11 is 0. The molecule has 136 valence electrons. The molecule has 2 aromatic rings. The zero-order valence-corrected chi connectivity index (χ0v) is 15.3. The van der Waals surface area contributed by atoms with E-state index in [9.17, 15) is 0 Å². The van der Waals surface area contributed by atoms with Gasteiger partial charge < -0.3 is 14.0 Å². The van der Waals surface area contributed by atoms with Crippen molar-refractivity contribution in [2.24, 2.45) is 0 Å². The number of aromatic nitrogens is 1. The third-order valence-corrected chi connectivity index (χ3v) is 4.76. The fourth-order valence-corrected chi connectivity index (χ4v) is 3.09. The molecule has 1 aliphatic heterocycles. The topological polar surface area (TPSA) is 51.0 Å². The van der Waals surface area contributed by atoms with E-state index in [0.29, 0.717) is 6.61 Å². The van der Waals surface area contributed by atoms with E-state index in [1.165, 1.54) is 5.56 Å². The lowest BCUT2D eigenvalue weighted by atomic mass is 10.2. The van der Waals surface area contributed by atoms with E-state index in [1.807, 2.05) is 38.1 Å². The maximum atomic E-state index is 5.82. The van der Waals surface area contributed by atoms with Crippen molar-refractivity contribution in [3.05, 3.63) is 41.3 Å². The molecule has 2 heterocycles. The van der Waals surface area contributed by atoms with E-state index < -0.39 is 0 Å². The van der Waals surface area contributed by atoms with Crippen LogP contribution in [0.3, 0.4) is 0 Å². The monoisotopic (exact) mass is 345 g/mol. The van der Waals surface area contributed by atoms with Gasteiger partial charge in [0.1, 0.15) is 23.9 Å². The number of piperazine rings is 1. The van der Waals surface area contributed by atoms with E-state index >= 15 is 0 Å². The quantitative estimate of drug-likeness (QED) is 0.768. The molecule has 0 unspecified atom stereocenters. The standard InChI is InChI=1S/C19H27N3O3/c1-15-19(16(2)25-20-15)14-22-10-8-21(9-11-22)12-13-24-18-6-4-17(23-3)5-7-18/h4-7H,8-14H2,1-3H3. The molecular formula is C19H27N3O3. The molecule has 3 rings (SSSR count). The van der Waals surface area contributed by atoms with Crippen LogP contribution in [-0.4, -0.2) is 61.4 Å². The molecule has 6 heteroatoms. The second-order valence-electron chi connectivity index (χ2n) is 6.44. The summed E-state index contributed by atoms with van der Waals surface area (Å²) in [6.45, 7) is 10.8. The van der Waals surface area contributed by atoms with Crippen LogP contribution in [-0.2, 0) is 6.54 Å². The molecule has 6 nitrogen and oxygen atoms in total. The summed E-state index contributed by atoms with van der Waals surface area (Å²) in [6, 6.07) is 7.73. The highest BCUT2D eigenvalue weighted by Gasteiger charge is 2.19. The summed E-state index contributed by atoms with van der Waals surface area (Å²) in [5.41, 5.74) is 2.24. The van der Waals surface area contributed by atoms with E-state index in [4.69, 9.17) is 14.0 Å². The first-order valence-corrected chi connectivity index (χ1v) is 8.79. The second kappa shape index (κ2) is 8.36. The van der Waals surface area contributed by atoms with Crippen LogP contribution in [0.5, 0.6) is 11.5 Å². The molecule has 0 spiro atoms. The Hall–Kier alpha value is -2.05. The molecule has 0 aliphatic carbocycles. The maximum Gasteiger partial charge on any atom is 0.138 e. The van der Waals surface area contributed by atoms with Crippen LogP contribution >= 0.6 is 0 Å². The second-order valence-corrected chi connectivity index (χ2v) is 6.44. The number of aryl methyl sites for hydroxylation is 2. The van der Waals surface area contributed by atoms with Gasteiger partial charge in [0, 0.05) is 44.8 Å². The van der Waals surface area contributed by atoms with E-state index in [2.05, 4.69) is 15.0 Å². The molecular weight excluding hydrogens is 318 g/mol. The van der Waals surface area contributed by atoms with Crippen LogP contribution in [0.1, 0.15) is 17.0 Å². The molecule has 0 N–H and O–H groups in total. The van der Waals surface area contributed by atoms with Gasteiger partial charge >= 0.3 is 0 Å². The lowest BCUT2D eigenvalue weighted by molar-refractivity contribution is 0.112. The molecule has 0 amide bonds. The van der Waals surface area contributed by atoms with Gasteiger partial charge in [0.05, 0.1) is 12.8 Å². The number of benzene rings is 1. The minimum Gasteiger partial charge on any atom is -0.497 e. The first kappa shape index (κ1) is 17.8. The molecule has 1 fully saturated rings. The highest BCUT2D eigenvalue weighted by atomic mass is 16.5. The zero-order chi connectivity index (χ0) is 17.6. The van der Waals surface area contributed by atoms with Crippen LogP contribution in [0.2, 0.25) is 0 Å². The predicted octanol–water partition coefficient (Wildman–Crippen LogP) is 2.50. The lowest BCUT2D eigenvalue weighted by Crippen LogP contribution is -2.47. The van der Waals surface area contributed by atoms with Crippen molar-refractivity contribution in [1.29, 1.82) is 0 Å². The minimum atomic E-state index is 0.705. The summed E-state index contributed by atoms with van der Waals surface area (Å²) < 4.78 is 16.2. The molecule has 25 heavy (non-hydrogen) atoms. The smallest absolute Gasteiger partial charge is 0.138 e. The summed E-state index contributed by atoms with van der Waals surface area (Å²) in [6.07, 6.45) is 0. The van der Waals surface area contributed by atoms with Gasteiger partial charge in [-0.3, -0.25) is 9.80 Å². The van der Waals surface area contributed by atoms with E-state index in [-0.39, 0.29) is 0 Å². The van der Waals surface area contributed by atoms with Crippen molar-refractivity contribution in [3.8, 4) is 11.5 Å². The van der Waals surface area contributed by atoms with Crippen molar-refractivity contribution >= 4 is 0 Å². The SMILES string of the molecule is COc1ccc(OCCN2CCN(Cc3c(C)noc3C)CC2)cc1. The summed E-state index contributed by atoms with van der Waals surface area (Å²) in [4.78, 5) is 4.92. The highest BCUT2D eigenvalue weighted by molar-refractivity contribution is 5.31. The number of rotatable bonds is 7.